The first-order valence-corrected chi connectivity index (χ1v) is 6.06. The van der Waals surface area contributed by atoms with Crippen LogP contribution in [0.5, 0.6) is 5.75 Å². The van der Waals surface area contributed by atoms with Crippen molar-refractivity contribution in [2.45, 2.75) is 13.8 Å². The summed E-state index contributed by atoms with van der Waals surface area (Å²) in [6, 6.07) is 7.57. The summed E-state index contributed by atoms with van der Waals surface area (Å²) >= 11 is 1.44. The zero-order valence-electron chi connectivity index (χ0n) is 9.98. The van der Waals surface area contributed by atoms with E-state index in [0.717, 1.165) is 22.0 Å². The van der Waals surface area contributed by atoms with Crippen LogP contribution in [-0.4, -0.2) is 17.9 Å². The van der Waals surface area contributed by atoms with Gasteiger partial charge < -0.3 is 4.74 Å². The minimum atomic E-state index is 0.0569. The molecular weight excluding hydrogens is 234 g/mol. The lowest BCUT2D eigenvalue weighted by molar-refractivity contribution is 0.102. The topological polar surface area (TPSA) is 39.2 Å². The van der Waals surface area contributed by atoms with Crippen molar-refractivity contribution in [3.8, 4) is 17.0 Å². The second kappa shape index (κ2) is 4.67. The molecule has 0 aliphatic heterocycles. The molecule has 0 aliphatic rings. The molecule has 0 bridgehead atoms. The normalized spacial score (nSPS) is 10.3. The van der Waals surface area contributed by atoms with E-state index in [2.05, 4.69) is 4.98 Å². The van der Waals surface area contributed by atoms with E-state index in [0.29, 0.717) is 4.88 Å². The zero-order chi connectivity index (χ0) is 12.4. The van der Waals surface area contributed by atoms with E-state index in [1.807, 2.05) is 31.2 Å². The maximum atomic E-state index is 11.5. The summed E-state index contributed by atoms with van der Waals surface area (Å²) in [5.41, 5.74) is 1.71. The lowest BCUT2D eigenvalue weighted by atomic mass is 10.1. The Kier molecular flexibility index (Phi) is 3.24. The first-order valence-electron chi connectivity index (χ1n) is 5.24. The predicted octanol–water partition coefficient (Wildman–Crippen LogP) is 3.33. The fourth-order valence-corrected chi connectivity index (χ4v) is 2.45. The van der Waals surface area contributed by atoms with E-state index in [1.54, 1.807) is 14.0 Å². The molecule has 2 aromatic rings. The number of ether oxygens (including phenoxy) is 1. The maximum absolute atomic E-state index is 11.5. The standard InChI is InChI=1S/C13H13NO2S/c1-8(15)13-12(14-9(2)17-13)10-4-6-11(16-3)7-5-10/h4-7H,1-3H3. The number of aromatic nitrogens is 1. The molecule has 1 aromatic heterocycles. The summed E-state index contributed by atoms with van der Waals surface area (Å²) in [5, 5.41) is 0.904. The lowest BCUT2D eigenvalue weighted by Crippen LogP contribution is -1.91. The van der Waals surface area contributed by atoms with Gasteiger partial charge in [0.05, 0.1) is 22.7 Å². The van der Waals surface area contributed by atoms with Gasteiger partial charge in [0, 0.05) is 12.5 Å². The third-order valence-electron chi connectivity index (χ3n) is 2.42. The van der Waals surface area contributed by atoms with E-state index in [1.165, 1.54) is 11.3 Å². The van der Waals surface area contributed by atoms with Gasteiger partial charge in [-0.3, -0.25) is 4.79 Å². The molecule has 0 saturated carbocycles. The van der Waals surface area contributed by atoms with Gasteiger partial charge >= 0.3 is 0 Å². The van der Waals surface area contributed by atoms with Gasteiger partial charge in [0.25, 0.3) is 0 Å². The van der Waals surface area contributed by atoms with Crippen LogP contribution in [0.2, 0.25) is 0 Å². The van der Waals surface area contributed by atoms with Crippen LogP contribution in [0.25, 0.3) is 11.3 Å². The zero-order valence-corrected chi connectivity index (χ0v) is 10.8. The van der Waals surface area contributed by atoms with E-state index in [9.17, 15) is 4.79 Å². The summed E-state index contributed by atoms with van der Waals surface area (Å²) in [4.78, 5) is 16.7. The number of carbonyl (C=O) groups excluding carboxylic acids is 1. The Morgan fingerprint density at radius 2 is 1.94 bits per heavy atom. The number of rotatable bonds is 3. The molecule has 17 heavy (non-hydrogen) atoms. The molecule has 0 unspecified atom stereocenters. The van der Waals surface area contributed by atoms with Crippen LogP contribution in [0.3, 0.4) is 0 Å². The molecule has 0 amide bonds. The molecule has 0 aliphatic carbocycles. The van der Waals surface area contributed by atoms with Crippen molar-refractivity contribution in [2.24, 2.45) is 0 Å². The monoisotopic (exact) mass is 247 g/mol. The van der Waals surface area contributed by atoms with Gasteiger partial charge in [-0.15, -0.1) is 11.3 Å². The summed E-state index contributed by atoms with van der Waals surface area (Å²) in [6.45, 7) is 3.48. The van der Waals surface area contributed by atoms with Gasteiger partial charge in [0.15, 0.2) is 5.78 Å². The number of hydrogen-bond donors (Lipinski definition) is 0. The number of ketones is 1. The highest BCUT2D eigenvalue weighted by atomic mass is 32.1. The van der Waals surface area contributed by atoms with Crippen molar-refractivity contribution in [1.29, 1.82) is 0 Å². The Morgan fingerprint density at radius 3 is 2.47 bits per heavy atom. The van der Waals surface area contributed by atoms with Crippen molar-refractivity contribution in [2.75, 3.05) is 7.11 Å². The highest BCUT2D eigenvalue weighted by Crippen LogP contribution is 2.29. The molecule has 1 aromatic carbocycles. The molecule has 3 nitrogen and oxygen atoms in total. The SMILES string of the molecule is COc1ccc(-c2nc(C)sc2C(C)=O)cc1. The average molecular weight is 247 g/mol. The Bertz CT molecular complexity index is 543. The van der Waals surface area contributed by atoms with E-state index >= 15 is 0 Å². The Balaban J connectivity index is 2.48. The average Bonchev–Trinajstić information content (AvgIpc) is 2.72. The molecule has 2 rings (SSSR count). The van der Waals surface area contributed by atoms with Crippen LogP contribution < -0.4 is 4.74 Å². The second-order valence-electron chi connectivity index (χ2n) is 3.70. The van der Waals surface area contributed by atoms with Crippen LogP contribution in [0, 0.1) is 6.92 Å². The van der Waals surface area contributed by atoms with Gasteiger partial charge in [-0.25, -0.2) is 4.98 Å². The molecule has 4 heteroatoms. The smallest absolute Gasteiger partial charge is 0.172 e. The van der Waals surface area contributed by atoms with Gasteiger partial charge in [0.2, 0.25) is 0 Å². The van der Waals surface area contributed by atoms with Crippen molar-refractivity contribution in [3.63, 3.8) is 0 Å². The number of aryl methyl sites for hydroxylation is 1. The van der Waals surface area contributed by atoms with Gasteiger partial charge in [-0.05, 0) is 31.2 Å². The molecule has 0 atom stereocenters. The molecule has 0 N–H and O–H groups in total. The van der Waals surface area contributed by atoms with Crippen LogP contribution in [-0.2, 0) is 0 Å². The molecule has 0 spiro atoms. The van der Waals surface area contributed by atoms with E-state index in [-0.39, 0.29) is 5.78 Å². The molecule has 0 saturated heterocycles. The minimum absolute atomic E-state index is 0.0569. The summed E-state index contributed by atoms with van der Waals surface area (Å²) in [5.74, 6) is 0.853. The van der Waals surface area contributed by atoms with Crippen molar-refractivity contribution < 1.29 is 9.53 Å². The van der Waals surface area contributed by atoms with Crippen LogP contribution in [0.4, 0.5) is 0 Å². The minimum Gasteiger partial charge on any atom is -0.497 e. The lowest BCUT2D eigenvalue weighted by Gasteiger charge is -2.02. The summed E-state index contributed by atoms with van der Waals surface area (Å²) < 4.78 is 5.10. The van der Waals surface area contributed by atoms with Crippen LogP contribution in [0.15, 0.2) is 24.3 Å². The van der Waals surface area contributed by atoms with Crippen molar-refractivity contribution in [1.82, 2.24) is 4.98 Å². The van der Waals surface area contributed by atoms with Crippen molar-refractivity contribution in [3.05, 3.63) is 34.2 Å². The van der Waals surface area contributed by atoms with Crippen molar-refractivity contribution >= 4 is 17.1 Å². The highest BCUT2D eigenvalue weighted by Gasteiger charge is 2.14. The fraction of sp³-hybridized carbons (Fsp3) is 0.231. The van der Waals surface area contributed by atoms with Gasteiger partial charge in [-0.1, -0.05) is 0 Å². The van der Waals surface area contributed by atoms with E-state index in [4.69, 9.17) is 4.74 Å². The largest absolute Gasteiger partial charge is 0.497 e. The second-order valence-corrected chi connectivity index (χ2v) is 4.90. The third-order valence-corrected chi connectivity index (χ3v) is 3.49. The molecular formula is C13H13NO2S. The number of carbonyl (C=O) groups is 1. The molecule has 1 heterocycles. The Morgan fingerprint density at radius 1 is 1.29 bits per heavy atom. The number of benzene rings is 1. The van der Waals surface area contributed by atoms with Crippen LogP contribution >= 0.6 is 11.3 Å². The Labute approximate surface area is 104 Å². The predicted molar refractivity (Wildman–Crippen MR) is 68.8 cm³/mol. The number of thiazole rings is 1. The molecule has 0 radical (unpaired) electrons. The fourth-order valence-electron chi connectivity index (χ4n) is 1.61. The number of hydrogen-bond acceptors (Lipinski definition) is 4. The third kappa shape index (κ3) is 2.36. The first kappa shape index (κ1) is 11.8. The quantitative estimate of drug-likeness (QED) is 0.781. The molecule has 0 fully saturated rings. The number of Topliss-reactive ketones (excluding diaryl/α,β-unsaturated/α-hetero) is 1. The van der Waals surface area contributed by atoms with Gasteiger partial charge in [0.1, 0.15) is 5.75 Å². The summed E-state index contributed by atoms with van der Waals surface area (Å²) in [6.07, 6.45) is 0. The highest BCUT2D eigenvalue weighted by molar-refractivity contribution is 7.14. The number of nitrogens with zero attached hydrogens (tertiary/aromatic N) is 1. The first-order chi connectivity index (χ1) is 8.11. The van der Waals surface area contributed by atoms with Gasteiger partial charge in [-0.2, -0.15) is 0 Å². The maximum Gasteiger partial charge on any atom is 0.172 e. The molecule has 88 valence electrons. The number of methoxy groups -OCH3 is 1. The Hall–Kier alpha value is -1.68. The summed E-state index contributed by atoms with van der Waals surface area (Å²) in [7, 11) is 1.63. The van der Waals surface area contributed by atoms with Crippen LogP contribution in [0.1, 0.15) is 21.6 Å². The van der Waals surface area contributed by atoms with E-state index < -0.39 is 0 Å².